The molecule has 0 unspecified atom stereocenters. The van der Waals surface area contributed by atoms with Crippen LogP contribution in [0.25, 0.3) is 0 Å². The summed E-state index contributed by atoms with van der Waals surface area (Å²) in [4.78, 5) is 0. The maximum atomic E-state index is 5.91. The molecule has 1 heterocycles. The zero-order valence-electron chi connectivity index (χ0n) is 11.4. The highest BCUT2D eigenvalue weighted by molar-refractivity contribution is 5.39. The summed E-state index contributed by atoms with van der Waals surface area (Å²) in [5.74, 6) is 1.69. The third kappa shape index (κ3) is 3.15. The average molecular weight is 257 g/mol. The summed E-state index contributed by atoms with van der Waals surface area (Å²) in [6.45, 7) is 2.97. The van der Waals surface area contributed by atoms with Crippen LogP contribution < -0.4 is 10.1 Å². The van der Waals surface area contributed by atoms with Gasteiger partial charge in [-0.2, -0.15) is 5.10 Å². The Balaban J connectivity index is 1.77. The van der Waals surface area contributed by atoms with Gasteiger partial charge in [-0.25, -0.2) is 0 Å². The molecule has 1 saturated carbocycles. The lowest BCUT2D eigenvalue weighted by Crippen LogP contribution is -2.15. The van der Waals surface area contributed by atoms with Crippen molar-refractivity contribution in [3.63, 3.8) is 0 Å². The van der Waals surface area contributed by atoms with Crippen molar-refractivity contribution in [1.82, 2.24) is 15.1 Å². The molecule has 4 nitrogen and oxygen atoms in total. The molecule has 4 heteroatoms. The molecule has 0 atom stereocenters. The fraction of sp³-hybridized carbons (Fsp3) is 0.400. The SMILES string of the molecule is Cc1ccc(Oc2cnn(C)c2)c(CNC2CC2)c1. The van der Waals surface area contributed by atoms with E-state index in [1.54, 1.807) is 10.9 Å². The number of ether oxygens (including phenoxy) is 1. The molecule has 1 fully saturated rings. The first-order valence-corrected chi connectivity index (χ1v) is 6.70. The fourth-order valence-electron chi connectivity index (χ4n) is 2.07. The molecule has 1 N–H and O–H groups in total. The molecule has 1 aliphatic carbocycles. The van der Waals surface area contributed by atoms with Gasteiger partial charge in [-0.3, -0.25) is 4.68 Å². The van der Waals surface area contributed by atoms with Gasteiger partial charge in [-0.15, -0.1) is 0 Å². The molecule has 2 aromatic rings. The summed E-state index contributed by atoms with van der Waals surface area (Å²) in [7, 11) is 1.89. The lowest BCUT2D eigenvalue weighted by atomic mass is 10.1. The first-order valence-electron chi connectivity index (χ1n) is 6.70. The topological polar surface area (TPSA) is 39.1 Å². The molecule has 0 bridgehead atoms. The summed E-state index contributed by atoms with van der Waals surface area (Å²) >= 11 is 0. The summed E-state index contributed by atoms with van der Waals surface area (Å²) in [6.07, 6.45) is 6.20. The fourth-order valence-corrected chi connectivity index (χ4v) is 2.07. The lowest BCUT2D eigenvalue weighted by Gasteiger charge is -2.11. The van der Waals surface area contributed by atoms with E-state index in [1.807, 2.05) is 19.3 Å². The second-order valence-electron chi connectivity index (χ2n) is 5.22. The van der Waals surface area contributed by atoms with Gasteiger partial charge in [-0.1, -0.05) is 17.7 Å². The quantitative estimate of drug-likeness (QED) is 0.895. The van der Waals surface area contributed by atoms with Crippen molar-refractivity contribution in [2.24, 2.45) is 7.05 Å². The molecule has 0 spiro atoms. The lowest BCUT2D eigenvalue weighted by molar-refractivity contribution is 0.471. The maximum Gasteiger partial charge on any atom is 0.165 e. The summed E-state index contributed by atoms with van der Waals surface area (Å²) in [5, 5.41) is 7.65. The smallest absolute Gasteiger partial charge is 0.165 e. The third-order valence-corrected chi connectivity index (χ3v) is 3.28. The Hall–Kier alpha value is -1.81. The molecule has 1 aliphatic rings. The maximum absolute atomic E-state index is 5.91. The third-order valence-electron chi connectivity index (χ3n) is 3.28. The van der Waals surface area contributed by atoms with Crippen LogP contribution in [-0.4, -0.2) is 15.8 Å². The number of rotatable bonds is 5. The number of nitrogens with zero attached hydrogens (tertiary/aromatic N) is 2. The van der Waals surface area contributed by atoms with E-state index in [-0.39, 0.29) is 0 Å². The number of aryl methyl sites for hydroxylation is 2. The van der Waals surface area contributed by atoms with Crippen LogP contribution >= 0.6 is 0 Å². The number of nitrogens with one attached hydrogen (secondary N) is 1. The predicted octanol–water partition coefficient (Wildman–Crippen LogP) is 2.77. The van der Waals surface area contributed by atoms with E-state index >= 15 is 0 Å². The molecule has 100 valence electrons. The summed E-state index contributed by atoms with van der Waals surface area (Å²) in [6, 6.07) is 6.99. The second kappa shape index (κ2) is 5.05. The van der Waals surface area contributed by atoms with Crippen molar-refractivity contribution in [2.75, 3.05) is 0 Å². The van der Waals surface area contributed by atoms with Crippen molar-refractivity contribution in [1.29, 1.82) is 0 Å². The highest BCUT2D eigenvalue weighted by Crippen LogP contribution is 2.27. The second-order valence-corrected chi connectivity index (χ2v) is 5.22. The van der Waals surface area contributed by atoms with Crippen molar-refractivity contribution in [2.45, 2.75) is 32.4 Å². The van der Waals surface area contributed by atoms with E-state index in [2.05, 4.69) is 29.5 Å². The first-order chi connectivity index (χ1) is 9.20. The van der Waals surface area contributed by atoms with E-state index in [0.717, 1.165) is 18.0 Å². The Kier molecular flexibility index (Phi) is 3.25. The van der Waals surface area contributed by atoms with Gasteiger partial charge < -0.3 is 10.1 Å². The van der Waals surface area contributed by atoms with Gasteiger partial charge in [0.25, 0.3) is 0 Å². The summed E-state index contributed by atoms with van der Waals surface area (Å²) < 4.78 is 7.66. The Morgan fingerprint density at radius 2 is 2.26 bits per heavy atom. The largest absolute Gasteiger partial charge is 0.454 e. The van der Waals surface area contributed by atoms with Crippen molar-refractivity contribution >= 4 is 0 Å². The Bertz CT molecular complexity index is 573. The van der Waals surface area contributed by atoms with Crippen LogP contribution in [0.3, 0.4) is 0 Å². The van der Waals surface area contributed by atoms with Crippen LogP contribution in [0.2, 0.25) is 0 Å². The highest BCUT2D eigenvalue weighted by atomic mass is 16.5. The van der Waals surface area contributed by atoms with Crippen LogP contribution in [0.15, 0.2) is 30.6 Å². The van der Waals surface area contributed by atoms with E-state index in [1.165, 1.54) is 24.0 Å². The molecular weight excluding hydrogens is 238 g/mol. The number of aromatic nitrogens is 2. The van der Waals surface area contributed by atoms with Gasteiger partial charge in [0.2, 0.25) is 0 Å². The predicted molar refractivity (Wildman–Crippen MR) is 74.3 cm³/mol. The average Bonchev–Trinajstić information content (AvgIpc) is 3.13. The number of hydrogen-bond acceptors (Lipinski definition) is 3. The van der Waals surface area contributed by atoms with Crippen molar-refractivity contribution in [3.8, 4) is 11.5 Å². The number of hydrogen-bond donors (Lipinski definition) is 1. The molecule has 0 saturated heterocycles. The normalized spacial score (nSPS) is 14.6. The minimum atomic E-state index is 0.701. The zero-order valence-corrected chi connectivity index (χ0v) is 11.4. The molecule has 1 aromatic heterocycles. The van der Waals surface area contributed by atoms with Gasteiger partial charge in [0.1, 0.15) is 5.75 Å². The van der Waals surface area contributed by atoms with Crippen LogP contribution in [0.1, 0.15) is 24.0 Å². The van der Waals surface area contributed by atoms with Crippen LogP contribution in [0.5, 0.6) is 11.5 Å². The minimum Gasteiger partial charge on any atom is -0.454 e. The molecule has 1 aromatic carbocycles. The Morgan fingerprint density at radius 3 is 2.95 bits per heavy atom. The van der Waals surface area contributed by atoms with Gasteiger partial charge in [0.05, 0.1) is 12.4 Å². The van der Waals surface area contributed by atoms with Gasteiger partial charge in [0, 0.05) is 25.2 Å². The first kappa shape index (κ1) is 12.2. The van der Waals surface area contributed by atoms with Crippen LogP contribution in [0, 0.1) is 6.92 Å². The number of benzene rings is 1. The van der Waals surface area contributed by atoms with Gasteiger partial charge in [-0.05, 0) is 25.8 Å². The highest BCUT2D eigenvalue weighted by Gasteiger charge is 2.20. The standard InChI is InChI=1S/C15H19N3O/c1-11-3-6-15(19-14-9-17-18(2)10-14)12(7-11)8-16-13-4-5-13/h3,6-7,9-10,13,16H,4-5,8H2,1-2H3. The monoisotopic (exact) mass is 257 g/mol. The van der Waals surface area contributed by atoms with E-state index in [0.29, 0.717) is 6.04 Å². The molecule has 19 heavy (non-hydrogen) atoms. The molecule has 0 amide bonds. The molecule has 0 aliphatic heterocycles. The molecule has 3 rings (SSSR count). The van der Waals surface area contributed by atoms with E-state index in [9.17, 15) is 0 Å². The Labute approximate surface area is 113 Å². The molecule has 0 radical (unpaired) electrons. The van der Waals surface area contributed by atoms with Crippen molar-refractivity contribution < 1.29 is 4.74 Å². The summed E-state index contributed by atoms with van der Waals surface area (Å²) in [5.41, 5.74) is 2.46. The van der Waals surface area contributed by atoms with Gasteiger partial charge in [0.15, 0.2) is 5.75 Å². The van der Waals surface area contributed by atoms with E-state index in [4.69, 9.17) is 4.74 Å². The Morgan fingerprint density at radius 1 is 1.42 bits per heavy atom. The van der Waals surface area contributed by atoms with Crippen molar-refractivity contribution in [3.05, 3.63) is 41.7 Å². The minimum absolute atomic E-state index is 0.701. The van der Waals surface area contributed by atoms with Crippen LogP contribution in [-0.2, 0) is 13.6 Å². The zero-order chi connectivity index (χ0) is 13.2. The van der Waals surface area contributed by atoms with Gasteiger partial charge >= 0.3 is 0 Å². The molecular formula is C15H19N3O. The van der Waals surface area contributed by atoms with E-state index < -0.39 is 0 Å². The van der Waals surface area contributed by atoms with Crippen LogP contribution in [0.4, 0.5) is 0 Å².